The summed E-state index contributed by atoms with van der Waals surface area (Å²) in [4.78, 5) is 10.5. The molecule has 0 spiro atoms. The van der Waals surface area contributed by atoms with Crippen molar-refractivity contribution in [1.82, 2.24) is 4.67 Å². The topological polar surface area (TPSA) is 32.7 Å². The standard InChI is InChI=1S/C13H20NO2P/c1-10-8-12(3)13(9-11(10)2)17(15)14-4-6-16-7-5-14/h8-9,15H,4-7H2,1-3H3. The van der Waals surface area contributed by atoms with E-state index in [9.17, 15) is 4.89 Å². The Kier molecular flexibility index (Phi) is 4.16. The summed E-state index contributed by atoms with van der Waals surface area (Å²) in [5.74, 6) is 0. The first-order valence-corrected chi connectivity index (χ1v) is 7.24. The zero-order valence-corrected chi connectivity index (χ0v) is 11.6. The van der Waals surface area contributed by atoms with Gasteiger partial charge in [0.25, 0.3) is 0 Å². The maximum absolute atomic E-state index is 10.5. The minimum Gasteiger partial charge on any atom is -0.379 e. The van der Waals surface area contributed by atoms with Gasteiger partial charge >= 0.3 is 0 Å². The Hall–Kier alpha value is -0.470. The van der Waals surface area contributed by atoms with Gasteiger partial charge in [-0.3, -0.25) is 4.67 Å². The molecule has 3 nitrogen and oxygen atoms in total. The van der Waals surface area contributed by atoms with Crippen LogP contribution in [0.15, 0.2) is 12.1 Å². The third-order valence-electron chi connectivity index (χ3n) is 3.28. The van der Waals surface area contributed by atoms with Crippen molar-refractivity contribution in [2.24, 2.45) is 0 Å². The zero-order chi connectivity index (χ0) is 12.4. The molecule has 17 heavy (non-hydrogen) atoms. The van der Waals surface area contributed by atoms with Crippen LogP contribution in [0, 0.1) is 20.8 Å². The number of hydrogen-bond acceptors (Lipinski definition) is 3. The molecule has 1 atom stereocenters. The molecule has 1 aliphatic heterocycles. The molecule has 1 fully saturated rings. The summed E-state index contributed by atoms with van der Waals surface area (Å²) in [5.41, 5.74) is 3.73. The fourth-order valence-electron chi connectivity index (χ4n) is 2.06. The van der Waals surface area contributed by atoms with Crippen molar-refractivity contribution in [1.29, 1.82) is 0 Å². The molecule has 1 aliphatic rings. The van der Waals surface area contributed by atoms with E-state index in [0.717, 1.165) is 31.6 Å². The minimum atomic E-state index is -1.19. The molecule has 0 radical (unpaired) electrons. The largest absolute Gasteiger partial charge is 0.379 e. The smallest absolute Gasteiger partial charge is 0.135 e. The van der Waals surface area contributed by atoms with Crippen LogP contribution in [0.5, 0.6) is 0 Å². The number of ether oxygens (including phenoxy) is 1. The summed E-state index contributed by atoms with van der Waals surface area (Å²) in [6, 6.07) is 4.29. The molecule has 1 aromatic carbocycles. The third kappa shape index (κ3) is 2.86. The minimum absolute atomic E-state index is 0.725. The number of rotatable bonds is 2. The number of benzene rings is 1. The van der Waals surface area contributed by atoms with Crippen LogP contribution in [-0.2, 0) is 4.74 Å². The molecular weight excluding hydrogens is 233 g/mol. The Morgan fingerprint density at radius 1 is 1.06 bits per heavy atom. The fourth-order valence-corrected chi connectivity index (χ4v) is 3.59. The SMILES string of the molecule is Cc1cc(C)c(P(O)N2CCOCC2)cc1C. The van der Waals surface area contributed by atoms with Crippen molar-refractivity contribution in [3.05, 3.63) is 28.8 Å². The second-order valence-electron chi connectivity index (χ2n) is 4.58. The maximum Gasteiger partial charge on any atom is 0.135 e. The van der Waals surface area contributed by atoms with Crippen LogP contribution in [0.4, 0.5) is 0 Å². The fraction of sp³-hybridized carbons (Fsp3) is 0.538. The van der Waals surface area contributed by atoms with Crippen LogP contribution in [0.1, 0.15) is 16.7 Å². The van der Waals surface area contributed by atoms with Crippen molar-refractivity contribution < 1.29 is 9.63 Å². The predicted octanol–water partition coefficient (Wildman–Crippen LogP) is 1.87. The summed E-state index contributed by atoms with van der Waals surface area (Å²) in [6.07, 6.45) is 0. The van der Waals surface area contributed by atoms with Crippen LogP contribution in [0.25, 0.3) is 0 Å². The van der Waals surface area contributed by atoms with E-state index in [2.05, 4.69) is 37.6 Å². The van der Waals surface area contributed by atoms with Crippen molar-refractivity contribution in [2.45, 2.75) is 20.8 Å². The first kappa shape index (κ1) is 13.0. The van der Waals surface area contributed by atoms with Crippen molar-refractivity contribution in [3.63, 3.8) is 0 Å². The number of nitrogens with zero attached hydrogens (tertiary/aromatic N) is 1. The van der Waals surface area contributed by atoms with Crippen LogP contribution < -0.4 is 5.30 Å². The van der Waals surface area contributed by atoms with E-state index in [1.54, 1.807) is 0 Å². The molecule has 0 aliphatic carbocycles. The Balaban J connectivity index is 2.23. The van der Waals surface area contributed by atoms with Crippen LogP contribution >= 0.6 is 8.30 Å². The van der Waals surface area contributed by atoms with Crippen LogP contribution in [0.3, 0.4) is 0 Å². The van der Waals surface area contributed by atoms with Gasteiger partial charge in [0, 0.05) is 18.4 Å². The van der Waals surface area contributed by atoms with E-state index in [1.165, 1.54) is 16.7 Å². The highest BCUT2D eigenvalue weighted by molar-refractivity contribution is 7.57. The normalized spacial score (nSPS) is 19.3. The van der Waals surface area contributed by atoms with E-state index < -0.39 is 8.30 Å². The molecule has 1 saturated heterocycles. The van der Waals surface area contributed by atoms with Gasteiger partial charge in [-0.05, 0) is 43.5 Å². The molecule has 1 N–H and O–H groups in total. The lowest BCUT2D eigenvalue weighted by Gasteiger charge is -2.31. The maximum atomic E-state index is 10.5. The molecule has 1 unspecified atom stereocenters. The highest BCUT2D eigenvalue weighted by Crippen LogP contribution is 2.36. The summed E-state index contributed by atoms with van der Waals surface area (Å²) in [7, 11) is -1.19. The Morgan fingerprint density at radius 3 is 2.29 bits per heavy atom. The summed E-state index contributed by atoms with van der Waals surface area (Å²) in [5, 5.41) is 1.09. The highest BCUT2D eigenvalue weighted by atomic mass is 31.2. The number of aryl methyl sites for hydroxylation is 3. The number of morpholine rings is 1. The zero-order valence-electron chi connectivity index (χ0n) is 10.7. The molecule has 0 aromatic heterocycles. The third-order valence-corrected chi connectivity index (χ3v) is 5.13. The van der Waals surface area contributed by atoms with Crippen molar-refractivity contribution >= 4 is 13.6 Å². The Bertz CT molecular complexity index is 403. The lowest BCUT2D eigenvalue weighted by atomic mass is 10.1. The average molecular weight is 253 g/mol. The van der Waals surface area contributed by atoms with E-state index in [4.69, 9.17) is 4.74 Å². The van der Waals surface area contributed by atoms with Crippen LogP contribution in [0.2, 0.25) is 0 Å². The van der Waals surface area contributed by atoms with Gasteiger partial charge in [0.1, 0.15) is 8.30 Å². The van der Waals surface area contributed by atoms with E-state index in [-0.39, 0.29) is 0 Å². The quantitative estimate of drug-likeness (QED) is 0.817. The molecular formula is C13H20NO2P. The summed E-state index contributed by atoms with van der Waals surface area (Å²) in [6.45, 7) is 9.39. The predicted molar refractivity (Wildman–Crippen MR) is 71.8 cm³/mol. The lowest BCUT2D eigenvalue weighted by molar-refractivity contribution is 0.0724. The Morgan fingerprint density at radius 2 is 1.65 bits per heavy atom. The average Bonchev–Trinajstić information content (AvgIpc) is 2.34. The molecule has 0 amide bonds. The Labute approximate surface area is 104 Å². The second kappa shape index (κ2) is 5.45. The van der Waals surface area contributed by atoms with Crippen molar-refractivity contribution in [2.75, 3.05) is 26.3 Å². The van der Waals surface area contributed by atoms with E-state index in [1.807, 2.05) is 0 Å². The van der Waals surface area contributed by atoms with Gasteiger partial charge in [-0.1, -0.05) is 6.07 Å². The van der Waals surface area contributed by atoms with E-state index in [0.29, 0.717) is 0 Å². The van der Waals surface area contributed by atoms with Gasteiger partial charge in [-0.15, -0.1) is 0 Å². The van der Waals surface area contributed by atoms with E-state index >= 15 is 0 Å². The number of hydrogen-bond donors (Lipinski definition) is 1. The molecule has 94 valence electrons. The van der Waals surface area contributed by atoms with Gasteiger partial charge in [0.05, 0.1) is 13.2 Å². The first-order valence-electron chi connectivity index (χ1n) is 5.99. The molecule has 2 rings (SSSR count). The lowest BCUT2D eigenvalue weighted by Crippen LogP contribution is -2.35. The molecule has 1 aromatic rings. The second-order valence-corrected chi connectivity index (χ2v) is 6.20. The summed E-state index contributed by atoms with van der Waals surface area (Å²) >= 11 is 0. The van der Waals surface area contributed by atoms with Gasteiger partial charge in [-0.2, -0.15) is 0 Å². The van der Waals surface area contributed by atoms with Gasteiger partial charge in [0.15, 0.2) is 0 Å². The van der Waals surface area contributed by atoms with Gasteiger partial charge < -0.3 is 9.63 Å². The monoisotopic (exact) mass is 253 g/mol. The van der Waals surface area contributed by atoms with Gasteiger partial charge in [-0.25, -0.2) is 0 Å². The molecule has 1 heterocycles. The highest BCUT2D eigenvalue weighted by Gasteiger charge is 2.22. The molecule has 0 saturated carbocycles. The first-order chi connectivity index (χ1) is 8.09. The summed E-state index contributed by atoms with van der Waals surface area (Å²) < 4.78 is 7.45. The van der Waals surface area contributed by atoms with Crippen molar-refractivity contribution in [3.8, 4) is 0 Å². The van der Waals surface area contributed by atoms with Gasteiger partial charge in [0.2, 0.25) is 0 Å². The molecule has 4 heteroatoms. The molecule has 0 bridgehead atoms. The van der Waals surface area contributed by atoms with Crippen LogP contribution in [-0.4, -0.2) is 35.9 Å².